The lowest BCUT2D eigenvalue weighted by atomic mass is 10.1. The second-order valence-corrected chi connectivity index (χ2v) is 3.86. The first-order chi connectivity index (χ1) is 7.29. The van der Waals surface area contributed by atoms with E-state index in [1.165, 1.54) is 0 Å². The van der Waals surface area contributed by atoms with E-state index in [2.05, 4.69) is 9.88 Å². The maximum atomic E-state index is 5.86. The van der Waals surface area contributed by atoms with Crippen molar-refractivity contribution in [2.45, 2.75) is 18.9 Å². The highest BCUT2D eigenvalue weighted by molar-refractivity contribution is 5.41. The smallest absolute Gasteiger partial charge is 0.214 e. The third-order valence-electron chi connectivity index (χ3n) is 2.78. The maximum absolute atomic E-state index is 5.86. The SMILES string of the molecule is COc1cccc(N2CCC(N)CC2)n1. The summed E-state index contributed by atoms with van der Waals surface area (Å²) in [5, 5.41) is 0. The molecule has 2 rings (SSSR count). The van der Waals surface area contributed by atoms with Gasteiger partial charge in [-0.3, -0.25) is 0 Å². The van der Waals surface area contributed by atoms with Crippen molar-refractivity contribution in [2.75, 3.05) is 25.1 Å². The van der Waals surface area contributed by atoms with Crippen LogP contribution in [-0.4, -0.2) is 31.2 Å². The van der Waals surface area contributed by atoms with E-state index in [0.717, 1.165) is 31.7 Å². The molecular formula is C11H17N3O. The summed E-state index contributed by atoms with van der Waals surface area (Å²) in [6, 6.07) is 6.20. The van der Waals surface area contributed by atoms with Crippen LogP contribution in [0.3, 0.4) is 0 Å². The first kappa shape index (κ1) is 10.2. The standard InChI is InChI=1S/C11H17N3O/c1-15-11-4-2-3-10(13-11)14-7-5-9(12)6-8-14/h2-4,9H,5-8,12H2,1H3. The minimum atomic E-state index is 0.354. The number of nitrogens with two attached hydrogens (primary N) is 1. The number of pyridine rings is 1. The Morgan fingerprint density at radius 2 is 2.13 bits per heavy atom. The molecule has 1 aliphatic rings. The second kappa shape index (κ2) is 4.49. The Balaban J connectivity index is 2.08. The predicted octanol–water partition coefficient (Wildman–Crippen LogP) is 1.02. The van der Waals surface area contributed by atoms with Crippen LogP contribution < -0.4 is 15.4 Å². The molecule has 0 aliphatic carbocycles. The van der Waals surface area contributed by atoms with Crippen LogP contribution in [-0.2, 0) is 0 Å². The second-order valence-electron chi connectivity index (χ2n) is 3.86. The molecule has 0 amide bonds. The van der Waals surface area contributed by atoms with Crippen LogP contribution >= 0.6 is 0 Å². The normalized spacial score (nSPS) is 17.9. The van der Waals surface area contributed by atoms with Crippen molar-refractivity contribution in [1.82, 2.24) is 4.98 Å². The molecular weight excluding hydrogens is 190 g/mol. The molecule has 1 aliphatic heterocycles. The van der Waals surface area contributed by atoms with E-state index in [0.29, 0.717) is 11.9 Å². The molecule has 0 unspecified atom stereocenters. The van der Waals surface area contributed by atoms with Gasteiger partial charge in [0.1, 0.15) is 5.82 Å². The van der Waals surface area contributed by atoms with Crippen LogP contribution in [0.4, 0.5) is 5.82 Å². The fourth-order valence-corrected chi connectivity index (χ4v) is 1.82. The summed E-state index contributed by atoms with van der Waals surface area (Å²) in [6.07, 6.45) is 2.08. The first-order valence-corrected chi connectivity index (χ1v) is 5.31. The van der Waals surface area contributed by atoms with E-state index in [-0.39, 0.29) is 0 Å². The third-order valence-corrected chi connectivity index (χ3v) is 2.78. The van der Waals surface area contributed by atoms with Crippen molar-refractivity contribution in [3.8, 4) is 5.88 Å². The van der Waals surface area contributed by atoms with Crippen LogP contribution in [0.2, 0.25) is 0 Å². The van der Waals surface area contributed by atoms with Crippen molar-refractivity contribution in [3.05, 3.63) is 18.2 Å². The summed E-state index contributed by atoms with van der Waals surface area (Å²) >= 11 is 0. The van der Waals surface area contributed by atoms with Crippen molar-refractivity contribution >= 4 is 5.82 Å². The fraction of sp³-hybridized carbons (Fsp3) is 0.545. The molecule has 0 radical (unpaired) electrons. The molecule has 4 nitrogen and oxygen atoms in total. The Kier molecular flexibility index (Phi) is 3.06. The van der Waals surface area contributed by atoms with Crippen molar-refractivity contribution in [2.24, 2.45) is 5.73 Å². The van der Waals surface area contributed by atoms with E-state index in [1.807, 2.05) is 18.2 Å². The highest BCUT2D eigenvalue weighted by Gasteiger charge is 2.17. The summed E-state index contributed by atoms with van der Waals surface area (Å²) in [7, 11) is 1.64. The van der Waals surface area contributed by atoms with Crippen LogP contribution in [0.25, 0.3) is 0 Å². The lowest BCUT2D eigenvalue weighted by Crippen LogP contribution is -2.40. The molecule has 2 heterocycles. The Bertz CT molecular complexity index is 321. The average molecular weight is 207 g/mol. The molecule has 15 heavy (non-hydrogen) atoms. The molecule has 1 aromatic rings. The molecule has 1 fully saturated rings. The number of aromatic nitrogens is 1. The number of ether oxygens (including phenoxy) is 1. The lowest BCUT2D eigenvalue weighted by Gasteiger charge is -2.31. The molecule has 1 saturated heterocycles. The maximum Gasteiger partial charge on any atom is 0.214 e. The van der Waals surface area contributed by atoms with E-state index >= 15 is 0 Å². The van der Waals surface area contributed by atoms with Gasteiger partial charge in [0.2, 0.25) is 5.88 Å². The number of rotatable bonds is 2. The fourth-order valence-electron chi connectivity index (χ4n) is 1.82. The van der Waals surface area contributed by atoms with Gasteiger partial charge < -0.3 is 15.4 Å². The molecule has 2 N–H and O–H groups in total. The van der Waals surface area contributed by atoms with Gasteiger partial charge in [-0.15, -0.1) is 0 Å². The van der Waals surface area contributed by atoms with E-state index in [9.17, 15) is 0 Å². The first-order valence-electron chi connectivity index (χ1n) is 5.31. The van der Waals surface area contributed by atoms with Gasteiger partial charge in [-0.1, -0.05) is 6.07 Å². The monoisotopic (exact) mass is 207 g/mol. The van der Waals surface area contributed by atoms with E-state index < -0.39 is 0 Å². The van der Waals surface area contributed by atoms with Gasteiger partial charge in [-0.2, -0.15) is 4.98 Å². The molecule has 0 atom stereocenters. The van der Waals surface area contributed by atoms with Crippen molar-refractivity contribution in [3.63, 3.8) is 0 Å². The van der Waals surface area contributed by atoms with Crippen molar-refractivity contribution < 1.29 is 4.74 Å². The summed E-state index contributed by atoms with van der Waals surface area (Å²) in [5.74, 6) is 1.66. The number of anilines is 1. The van der Waals surface area contributed by atoms with E-state index in [4.69, 9.17) is 10.5 Å². The van der Waals surface area contributed by atoms with Crippen LogP contribution in [0.5, 0.6) is 5.88 Å². The Hall–Kier alpha value is -1.29. The summed E-state index contributed by atoms with van der Waals surface area (Å²) in [4.78, 5) is 6.66. The van der Waals surface area contributed by atoms with Gasteiger partial charge in [-0.05, 0) is 18.9 Å². The molecule has 1 aromatic heterocycles. The minimum absolute atomic E-state index is 0.354. The Morgan fingerprint density at radius 1 is 1.40 bits per heavy atom. The number of piperidine rings is 1. The van der Waals surface area contributed by atoms with Gasteiger partial charge in [0.05, 0.1) is 7.11 Å². The highest BCUT2D eigenvalue weighted by Crippen LogP contribution is 2.19. The van der Waals surface area contributed by atoms with E-state index in [1.54, 1.807) is 7.11 Å². The largest absolute Gasteiger partial charge is 0.481 e. The average Bonchev–Trinajstić information content (AvgIpc) is 2.30. The molecule has 0 aromatic carbocycles. The van der Waals surface area contributed by atoms with Gasteiger partial charge in [0, 0.05) is 25.2 Å². The molecule has 0 bridgehead atoms. The van der Waals surface area contributed by atoms with Crippen LogP contribution in [0.15, 0.2) is 18.2 Å². The topological polar surface area (TPSA) is 51.4 Å². The zero-order chi connectivity index (χ0) is 10.7. The Morgan fingerprint density at radius 3 is 2.80 bits per heavy atom. The van der Waals surface area contributed by atoms with Gasteiger partial charge in [-0.25, -0.2) is 0 Å². The van der Waals surface area contributed by atoms with Crippen LogP contribution in [0.1, 0.15) is 12.8 Å². The number of methoxy groups -OCH3 is 1. The summed E-state index contributed by atoms with van der Waals surface area (Å²) in [6.45, 7) is 1.97. The molecule has 4 heteroatoms. The zero-order valence-electron chi connectivity index (χ0n) is 9.02. The number of hydrogen-bond acceptors (Lipinski definition) is 4. The highest BCUT2D eigenvalue weighted by atomic mass is 16.5. The predicted molar refractivity (Wildman–Crippen MR) is 60.2 cm³/mol. The van der Waals surface area contributed by atoms with Crippen molar-refractivity contribution in [1.29, 1.82) is 0 Å². The summed E-state index contributed by atoms with van der Waals surface area (Å²) in [5.41, 5.74) is 5.86. The molecule has 82 valence electrons. The Labute approximate surface area is 90.0 Å². The lowest BCUT2D eigenvalue weighted by molar-refractivity contribution is 0.397. The number of nitrogens with zero attached hydrogens (tertiary/aromatic N) is 2. The quantitative estimate of drug-likeness (QED) is 0.786. The minimum Gasteiger partial charge on any atom is -0.481 e. The zero-order valence-corrected chi connectivity index (χ0v) is 9.02. The third kappa shape index (κ3) is 2.39. The number of hydrogen-bond donors (Lipinski definition) is 1. The van der Waals surface area contributed by atoms with Gasteiger partial charge in [0.15, 0.2) is 0 Å². The molecule has 0 spiro atoms. The summed E-state index contributed by atoms with van der Waals surface area (Å²) < 4.78 is 5.10. The van der Waals surface area contributed by atoms with Gasteiger partial charge >= 0.3 is 0 Å². The van der Waals surface area contributed by atoms with Crippen LogP contribution in [0, 0.1) is 0 Å². The molecule has 0 saturated carbocycles. The van der Waals surface area contributed by atoms with Gasteiger partial charge in [0.25, 0.3) is 0 Å².